The molecule has 0 saturated heterocycles. The van der Waals surface area contributed by atoms with Gasteiger partial charge in [-0.2, -0.15) is 0 Å². The molecule has 0 radical (unpaired) electrons. The van der Waals surface area contributed by atoms with Gasteiger partial charge in [-0.15, -0.1) is 0 Å². The van der Waals surface area contributed by atoms with Crippen LogP contribution in [0.5, 0.6) is 0 Å². The lowest BCUT2D eigenvalue weighted by Gasteiger charge is -2.31. The molecule has 4 heteroatoms. The van der Waals surface area contributed by atoms with Crippen LogP contribution in [0.1, 0.15) is 44.5 Å². The normalized spacial score (nSPS) is 13.7. The highest BCUT2D eigenvalue weighted by Gasteiger charge is 2.53. The van der Waals surface area contributed by atoms with Crippen LogP contribution in [0.25, 0.3) is 123 Å². The van der Waals surface area contributed by atoms with Gasteiger partial charge in [0, 0.05) is 35.9 Å². The summed E-state index contributed by atoms with van der Waals surface area (Å²) in [6, 6.07) is 98.9. The molecule has 388 valence electrons. The zero-order valence-electron chi connectivity index (χ0n) is 45.5. The van der Waals surface area contributed by atoms with Crippen molar-refractivity contribution >= 4 is 11.0 Å². The van der Waals surface area contributed by atoms with Gasteiger partial charge in [0.05, 0.1) is 33.3 Å². The van der Waals surface area contributed by atoms with E-state index in [4.69, 9.17) is 9.97 Å². The maximum Gasteiger partial charge on any atom is 0.0973 e. The molecule has 0 N–H and O–H groups in total. The first-order valence-corrected chi connectivity index (χ1v) is 28.9. The van der Waals surface area contributed by atoms with Crippen molar-refractivity contribution in [1.82, 2.24) is 19.9 Å². The third-order valence-corrected chi connectivity index (χ3v) is 18.8. The zero-order chi connectivity index (χ0) is 55.1. The number of benzene rings is 11. The standard InChI is InChI=1S/C80H48N4/c1-5-15-67-59(11-1)60-12-2-6-16-68(60)79(67)71-45-55(29-33-63(71)65-35-31-57(47-73(65)79)51-37-41-81-42-38-51)49-21-25-53(26-22-49)77-78(84-76-20-10-9-19-75(76)83-77)54-27-23-50(24-28-54)56-30-34-64-66-36-32-58(52-39-43-82-44-40-52)48-74(66)80(72(64)46-56)69-17-7-3-13-61(69)62-14-4-8-18-70(62)80/h1-48H. The molecule has 0 unspecified atom stereocenters. The molecule has 0 saturated carbocycles. The van der Waals surface area contributed by atoms with Gasteiger partial charge in [0.25, 0.3) is 0 Å². The predicted octanol–water partition coefficient (Wildman–Crippen LogP) is 19.1. The largest absolute Gasteiger partial charge is 0.265 e. The van der Waals surface area contributed by atoms with Crippen molar-refractivity contribution in [3.63, 3.8) is 0 Å². The number of fused-ring (bicyclic) bond motifs is 21. The predicted molar refractivity (Wildman–Crippen MR) is 340 cm³/mol. The van der Waals surface area contributed by atoms with E-state index in [0.717, 1.165) is 55.8 Å². The molecule has 0 atom stereocenters. The van der Waals surface area contributed by atoms with Gasteiger partial charge in [0.1, 0.15) is 0 Å². The van der Waals surface area contributed by atoms with E-state index in [2.05, 4.69) is 265 Å². The lowest BCUT2D eigenvalue weighted by Crippen LogP contribution is -2.26. The van der Waals surface area contributed by atoms with Crippen LogP contribution in [0.3, 0.4) is 0 Å². The molecule has 4 aliphatic rings. The summed E-state index contributed by atoms with van der Waals surface area (Å²) in [6.45, 7) is 0. The van der Waals surface area contributed by atoms with Crippen molar-refractivity contribution in [2.24, 2.45) is 0 Å². The van der Waals surface area contributed by atoms with E-state index in [1.165, 1.54) is 111 Å². The van der Waals surface area contributed by atoms with E-state index >= 15 is 0 Å². The lowest BCUT2D eigenvalue weighted by atomic mass is 9.70. The van der Waals surface area contributed by atoms with E-state index in [0.29, 0.717) is 0 Å². The van der Waals surface area contributed by atoms with Gasteiger partial charge >= 0.3 is 0 Å². The van der Waals surface area contributed by atoms with E-state index < -0.39 is 10.8 Å². The van der Waals surface area contributed by atoms with Gasteiger partial charge in [-0.3, -0.25) is 9.97 Å². The Morgan fingerprint density at radius 2 is 0.429 bits per heavy atom. The summed E-state index contributed by atoms with van der Waals surface area (Å²) in [4.78, 5) is 19.5. The molecule has 4 aliphatic carbocycles. The quantitative estimate of drug-likeness (QED) is 0.167. The molecule has 14 aromatic rings. The topological polar surface area (TPSA) is 51.6 Å². The molecule has 2 spiro atoms. The van der Waals surface area contributed by atoms with Gasteiger partial charge in [0.2, 0.25) is 0 Å². The number of rotatable bonds is 6. The van der Waals surface area contributed by atoms with Gasteiger partial charge in [-0.05, 0) is 194 Å². The molecule has 4 nitrogen and oxygen atoms in total. The average Bonchev–Trinajstić information content (AvgIpc) is 1.55. The summed E-state index contributed by atoms with van der Waals surface area (Å²) < 4.78 is 0. The number of aromatic nitrogens is 4. The molecule has 0 fully saturated rings. The Morgan fingerprint density at radius 3 is 0.738 bits per heavy atom. The van der Waals surface area contributed by atoms with Crippen molar-refractivity contribution in [2.45, 2.75) is 10.8 Å². The second kappa shape index (κ2) is 17.8. The van der Waals surface area contributed by atoms with Crippen molar-refractivity contribution in [2.75, 3.05) is 0 Å². The van der Waals surface area contributed by atoms with Crippen LogP contribution in [0.4, 0.5) is 0 Å². The summed E-state index contributed by atoms with van der Waals surface area (Å²) in [6.07, 6.45) is 7.53. The van der Waals surface area contributed by atoms with Crippen LogP contribution < -0.4 is 0 Å². The summed E-state index contributed by atoms with van der Waals surface area (Å²) in [5, 5.41) is 0. The molecule has 3 aromatic heterocycles. The van der Waals surface area contributed by atoms with E-state index in [9.17, 15) is 0 Å². The minimum absolute atomic E-state index is 0.490. The Kier molecular flexibility index (Phi) is 9.90. The van der Waals surface area contributed by atoms with Gasteiger partial charge < -0.3 is 0 Å². The van der Waals surface area contributed by atoms with Crippen molar-refractivity contribution < 1.29 is 0 Å². The molecule has 84 heavy (non-hydrogen) atoms. The van der Waals surface area contributed by atoms with E-state index in [-0.39, 0.29) is 0 Å². The first kappa shape index (κ1) is 46.8. The fourth-order valence-electron chi connectivity index (χ4n) is 15.1. The summed E-state index contributed by atoms with van der Waals surface area (Å²) in [5.41, 5.74) is 34.6. The van der Waals surface area contributed by atoms with Crippen LogP contribution in [-0.4, -0.2) is 19.9 Å². The fraction of sp³-hybridized carbons (Fsp3) is 0.0250. The van der Waals surface area contributed by atoms with Gasteiger partial charge in [-0.25, -0.2) is 9.97 Å². The Bertz CT molecular complexity index is 4650. The number of pyridine rings is 2. The number of nitrogens with zero attached hydrogens (tertiary/aromatic N) is 4. The molecule has 11 aromatic carbocycles. The van der Waals surface area contributed by atoms with Gasteiger partial charge in [-0.1, -0.05) is 206 Å². The van der Waals surface area contributed by atoms with E-state index in [1.54, 1.807) is 0 Å². The maximum atomic E-state index is 5.39. The zero-order valence-corrected chi connectivity index (χ0v) is 45.5. The van der Waals surface area contributed by atoms with Crippen LogP contribution >= 0.6 is 0 Å². The highest BCUT2D eigenvalue weighted by Crippen LogP contribution is 2.65. The number of para-hydroxylation sites is 2. The smallest absolute Gasteiger partial charge is 0.0973 e. The van der Waals surface area contributed by atoms with E-state index in [1.807, 2.05) is 36.9 Å². The third kappa shape index (κ3) is 6.48. The Balaban J connectivity index is 0.727. The highest BCUT2D eigenvalue weighted by atomic mass is 14.8. The van der Waals surface area contributed by atoms with Crippen molar-refractivity contribution in [3.05, 3.63) is 336 Å². The minimum atomic E-state index is -0.490. The maximum absolute atomic E-state index is 5.39. The van der Waals surface area contributed by atoms with Crippen LogP contribution in [0.15, 0.2) is 292 Å². The Hall–Kier alpha value is -10.9. The third-order valence-electron chi connectivity index (χ3n) is 18.8. The monoisotopic (exact) mass is 1060 g/mol. The fourth-order valence-corrected chi connectivity index (χ4v) is 15.1. The van der Waals surface area contributed by atoms with Crippen molar-refractivity contribution in [1.29, 1.82) is 0 Å². The second-order valence-electron chi connectivity index (χ2n) is 22.8. The average molecular weight is 1070 g/mol. The Morgan fingerprint density at radius 1 is 0.190 bits per heavy atom. The molecule has 3 heterocycles. The molecule has 18 rings (SSSR count). The van der Waals surface area contributed by atoms with Crippen LogP contribution in [0.2, 0.25) is 0 Å². The lowest BCUT2D eigenvalue weighted by molar-refractivity contribution is 0.794. The van der Waals surface area contributed by atoms with Crippen molar-refractivity contribution in [3.8, 4) is 112 Å². The molecular formula is C80H48N4. The minimum Gasteiger partial charge on any atom is -0.265 e. The number of hydrogen-bond donors (Lipinski definition) is 0. The second-order valence-corrected chi connectivity index (χ2v) is 22.8. The van der Waals surface area contributed by atoms with Crippen LogP contribution in [-0.2, 0) is 10.8 Å². The number of hydrogen-bond acceptors (Lipinski definition) is 4. The van der Waals surface area contributed by atoms with Crippen LogP contribution in [0, 0.1) is 0 Å². The molecule has 0 aliphatic heterocycles. The summed E-state index contributed by atoms with van der Waals surface area (Å²) >= 11 is 0. The summed E-state index contributed by atoms with van der Waals surface area (Å²) in [7, 11) is 0. The highest BCUT2D eigenvalue weighted by molar-refractivity contribution is 5.99. The summed E-state index contributed by atoms with van der Waals surface area (Å²) in [5.74, 6) is 0. The first-order valence-electron chi connectivity index (χ1n) is 28.9. The SMILES string of the molecule is c1ccc2c(c1)-c1ccccc1C21c2cc(-c3ccncc3)ccc2-c2ccc(-c3ccc(-c4nc5ccccc5nc4-c4ccc(-c5ccc6c(c5)C5(c7ccccc7-c7ccccc75)c5cc(-c7ccncc7)ccc5-6)cc4)cc3)cc21. The molecular weight excluding hydrogens is 1020 g/mol. The van der Waals surface area contributed by atoms with Gasteiger partial charge in [0.15, 0.2) is 0 Å². The molecule has 0 bridgehead atoms. The first-order chi connectivity index (χ1) is 41.6. The molecule has 0 amide bonds. The Labute approximate surface area is 486 Å².